The van der Waals surface area contributed by atoms with Crippen LogP contribution in [0.1, 0.15) is 25.8 Å². The molecule has 0 saturated carbocycles. The first-order valence-electron chi connectivity index (χ1n) is 5.76. The second kappa shape index (κ2) is 5.88. The van der Waals surface area contributed by atoms with Crippen molar-refractivity contribution in [3.05, 3.63) is 29.8 Å². The molecule has 6 heteroatoms. The van der Waals surface area contributed by atoms with Crippen LogP contribution < -0.4 is 10.8 Å². The number of aryl methyl sites for hydroxylation is 1. The van der Waals surface area contributed by atoms with Crippen molar-refractivity contribution in [2.24, 2.45) is 0 Å². The van der Waals surface area contributed by atoms with E-state index in [1.54, 1.807) is 12.1 Å². The maximum Gasteiger partial charge on any atom is 0.488 e. The number of rotatable bonds is 5. The van der Waals surface area contributed by atoms with Crippen LogP contribution in [0.4, 0.5) is 4.79 Å². The second-order valence-corrected chi connectivity index (χ2v) is 4.93. The number of hydrogen-bond donors (Lipinski definition) is 4. The van der Waals surface area contributed by atoms with Gasteiger partial charge in [0.05, 0.1) is 0 Å². The third kappa shape index (κ3) is 4.77. The quantitative estimate of drug-likeness (QED) is 0.568. The molecule has 1 amide bonds. The van der Waals surface area contributed by atoms with Crippen LogP contribution in [0.15, 0.2) is 24.3 Å². The fourth-order valence-electron chi connectivity index (χ4n) is 1.67. The number of benzene rings is 1. The molecule has 98 valence electrons. The Bertz CT molecular complexity index is 403. The van der Waals surface area contributed by atoms with Crippen molar-refractivity contribution >= 4 is 18.7 Å². The topological polar surface area (TPSA) is 89.8 Å². The molecular formula is C12H18BNO4. The summed E-state index contributed by atoms with van der Waals surface area (Å²) >= 11 is 0. The maximum atomic E-state index is 10.6. The molecule has 0 aliphatic rings. The van der Waals surface area contributed by atoms with Crippen LogP contribution in [-0.2, 0) is 6.42 Å². The molecule has 0 fully saturated rings. The Morgan fingerprint density at radius 3 is 2.28 bits per heavy atom. The van der Waals surface area contributed by atoms with Crippen LogP contribution in [0.2, 0.25) is 0 Å². The van der Waals surface area contributed by atoms with Crippen molar-refractivity contribution in [2.75, 3.05) is 0 Å². The van der Waals surface area contributed by atoms with Gasteiger partial charge in [0.1, 0.15) is 0 Å². The zero-order valence-corrected chi connectivity index (χ0v) is 10.6. The van der Waals surface area contributed by atoms with Gasteiger partial charge in [-0.25, -0.2) is 4.79 Å². The Balaban J connectivity index is 2.55. The van der Waals surface area contributed by atoms with Crippen LogP contribution in [-0.4, -0.2) is 33.9 Å². The number of carbonyl (C=O) groups is 1. The Morgan fingerprint density at radius 1 is 1.28 bits per heavy atom. The van der Waals surface area contributed by atoms with Crippen LogP contribution >= 0.6 is 0 Å². The fraction of sp³-hybridized carbons (Fsp3) is 0.417. The fourth-order valence-corrected chi connectivity index (χ4v) is 1.67. The highest BCUT2D eigenvalue weighted by molar-refractivity contribution is 6.58. The van der Waals surface area contributed by atoms with Gasteiger partial charge in [0.25, 0.3) is 0 Å². The summed E-state index contributed by atoms with van der Waals surface area (Å²) in [6, 6.07) is 6.92. The third-order valence-electron chi connectivity index (χ3n) is 2.76. The van der Waals surface area contributed by atoms with Crippen LogP contribution in [0.5, 0.6) is 0 Å². The number of amides is 1. The lowest BCUT2D eigenvalue weighted by Gasteiger charge is -2.24. The van der Waals surface area contributed by atoms with E-state index in [4.69, 9.17) is 15.2 Å². The molecule has 1 aromatic rings. The highest BCUT2D eigenvalue weighted by Crippen LogP contribution is 2.13. The van der Waals surface area contributed by atoms with Gasteiger partial charge < -0.3 is 20.5 Å². The van der Waals surface area contributed by atoms with Crippen LogP contribution in [0.25, 0.3) is 0 Å². The van der Waals surface area contributed by atoms with E-state index in [2.05, 4.69) is 5.32 Å². The van der Waals surface area contributed by atoms with E-state index in [-0.39, 0.29) is 0 Å². The molecule has 0 aliphatic carbocycles. The molecule has 5 nitrogen and oxygen atoms in total. The summed E-state index contributed by atoms with van der Waals surface area (Å²) in [6.07, 6.45) is 0.355. The molecule has 0 aromatic heterocycles. The minimum absolute atomic E-state index is 0.446. The van der Waals surface area contributed by atoms with Gasteiger partial charge in [0, 0.05) is 5.54 Å². The number of carboxylic acid groups (broad SMARTS) is 1. The van der Waals surface area contributed by atoms with Crippen molar-refractivity contribution < 1.29 is 19.9 Å². The molecule has 0 aliphatic heterocycles. The van der Waals surface area contributed by atoms with Gasteiger partial charge in [-0.05, 0) is 37.7 Å². The third-order valence-corrected chi connectivity index (χ3v) is 2.76. The van der Waals surface area contributed by atoms with E-state index >= 15 is 0 Å². The molecule has 0 heterocycles. The van der Waals surface area contributed by atoms with E-state index in [0.29, 0.717) is 11.9 Å². The Morgan fingerprint density at radius 2 is 1.83 bits per heavy atom. The van der Waals surface area contributed by atoms with E-state index in [0.717, 1.165) is 12.0 Å². The summed E-state index contributed by atoms with van der Waals surface area (Å²) in [7, 11) is -1.45. The van der Waals surface area contributed by atoms with Crippen molar-refractivity contribution in [1.82, 2.24) is 5.32 Å². The monoisotopic (exact) mass is 251 g/mol. The molecule has 0 spiro atoms. The first kappa shape index (κ1) is 14.5. The highest BCUT2D eigenvalue weighted by Gasteiger charge is 2.19. The SMILES string of the molecule is CC(C)(CCc1ccc(B(O)O)cc1)NC(=O)O. The first-order chi connectivity index (χ1) is 8.30. The molecule has 1 aromatic carbocycles. The first-order valence-corrected chi connectivity index (χ1v) is 5.76. The predicted octanol–water partition coefficient (Wildman–Crippen LogP) is 0.345. The largest absolute Gasteiger partial charge is 0.488 e. The predicted molar refractivity (Wildman–Crippen MR) is 69.8 cm³/mol. The average Bonchev–Trinajstić information content (AvgIpc) is 2.25. The zero-order chi connectivity index (χ0) is 13.8. The Hall–Kier alpha value is -1.53. The minimum Gasteiger partial charge on any atom is -0.465 e. The van der Waals surface area contributed by atoms with Crippen molar-refractivity contribution in [2.45, 2.75) is 32.2 Å². The summed E-state index contributed by atoms with van der Waals surface area (Å²) in [5.74, 6) is 0. The number of hydrogen-bond acceptors (Lipinski definition) is 3. The average molecular weight is 251 g/mol. The number of nitrogens with one attached hydrogen (secondary N) is 1. The molecule has 0 atom stereocenters. The normalized spacial score (nSPS) is 11.1. The van der Waals surface area contributed by atoms with Crippen molar-refractivity contribution in [3.8, 4) is 0 Å². The van der Waals surface area contributed by atoms with Gasteiger partial charge >= 0.3 is 13.2 Å². The Labute approximate surface area is 107 Å². The van der Waals surface area contributed by atoms with Crippen LogP contribution in [0.3, 0.4) is 0 Å². The molecular weight excluding hydrogens is 233 g/mol. The van der Waals surface area contributed by atoms with Gasteiger partial charge in [0.15, 0.2) is 0 Å². The molecule has 1 rings (SSSR count). The summed E-state index contributed by atoms with van der Waals surface area (Å²) < 4.78 is 0. The minimum atomic E-state index is -1.45. The van der Waals surface area contributed by atoms with Gasteiger partial charge in [0.2, 0.25) is 0 Å². The molecule has 0 saturated heterocycles. The van der Waals surface area contributed by atoms with Gasteiger partial charge in [-0.3, -0.25) is 0 Å². The zero-order valence-electron chi connectivity index (χ0n) is 10.6. The van der Waals surface area contributed by atoms with Gasteiger partial charge in [-0.2, -0.15) is 0 Å². The van der Waals surface area contributed by atoms with Gasteiger partial charge in [-0.1, -0.05) is 24.3 Å². The van der Waals surface area contributed by atoms with E-state index in [9.17, 15) is 4.79 Å². The van der Waals surface area contributed by atoms with E-state index in [1.807, 2.05) is 26.0 Å². The summed E-state index contributed by atoms with van der Waals surface area (Å²) in [4.78, 5) is 10.6. The lowest BCUT2D eigenvalue weighted by atomic mass is 9.80. The van der Waals surface area contributed by atoms with Crippen molar-refractivity contribution in [3.63, 3.8) is 0 Å². The molecule has 0 unspecified atom stereocenters. The smallest absolute Gasteiger partial charge is 0.465 e. The van der Waals surface area contributed by atoms with E-state index in [1.165, 1.54) is 0 Å². The summed E-state index contributed by atoms with van der Waals surface area (Å²) in [5, 5.41) is 29.0. The second-order valence-electron chi connectivity index (χ2n) is 4.93. The standard InChI is InChI=1S/C12H18BNO4/c1-12(2,14-11(15)16)8-7-9-3-5-10(6-4-9)13(17)18/h3-6,14,17-18H,7-8H2,1-2H3,(H,15,16). The highest BCUT2D eigenvalue weighted by atomic mass is 16.4. The van der Waals surface area contributed by atoms with Gasteiger partial charge in [-0.15, -0.1) is 0 Å². The van der Waals surface area contributed by atoms with Crippen molar-refractivity contribution in [1.29, 1.82) is 0 Å². The van der Waals surface area contributed by atoms with Crippen LogP contribution in [0, 0.1) is 0 Å². The molecule has 0 radical (unpaired) electrons. The Kier molecular flexibility index (Phi) is 4.75. The maximum absolute atomic E-state index is 10.6. The van der Waals surface area contributed by atoms with E-state index < -0.39 is 18.8 Å². The lowest BCUT2D eigenvalue weighted by molar-refractivity contribution is 0.180. The lowest BCUT2D eigenvalue weighted by Crippen LogP contribution is -2.42. The molecule has 0 bridgehead atoms. The molecule has 18 heavy (non-hydrogen) atoms. The molecule has 4 N–H and O–H groups in total. The summed E-state index contributed by atoms with van der Waals surface area (Å²) in [6.45, 7) is 3.65. The summed E-state index contributed by atoms with van der Waals surface area (Å²) in [5.41, 5.74) is 0.988.